The first-order chi connectivity index (χ1) is 6.26. The average Bonchev–Trinajstić information content (AvgIpc) is 2.95. The van der Waals surface area contributed by atoms with E-state index in [0.29, 0.717) is 0 Å². The number of hydrogen-bond donors (Lipinski definition) is 0. The van der Waals surface area contributed by atoms with Crippen LogP contribution in [0.4, 0.5) is 0 Å². The van der Waals surface area contributed by atoms with Crippen molar-refractivity contribution in [2.75, 3.05) is 0 Å². The Morgan fingerprint density at radius 3 is 1.23 bits per heavy atom. The zero-order chi connectivity index (χ0) is 9.05. The largest absolute Gasteiger partial charge is 0.0622 e. The molecule has 0 radical (unpaired) electrons. The first kappa shape index (κ1) is 8.32. The zero-order valence-electron chi connectivity index (χ0n) is 9.05. The molecular formula is C13H22. The van der Waals surface area contributed by atoms with Gasteiger partial charge in [-0.15, -0.1) is 0 Å². The Kier molecular flexibility index (Phi) is 1.61. The molecule has 3 aliphatic rings. The standard InChI is InChI=1S/C13H22/c1-9(2)13(10-3-4-10,11-5-6-11)12-7-8-12/h9-12H,3-8H2,1-2H3. The van der Waals surface area contributed by atoms with Crippen molar-refractivity contribution in [2.24, 2.45) is 29.1 Å². The van der Waals surface area contributed by atoms with E-state index in [2.05, 4.69) is 13.8 Å². The Labute approximate surface area is 82.1 Å². The van der Waals surface area contributed by atoms with Gasteiger partial charge < -0.3 is 0 Å². The summed E-state index contributed by atoms with van der Waals surface area (Å²) in [6.45, 7) is 4.99. The molecule has 3 saturated carbocycles. The summed E-state index contributed by atoms with van der Waals surface area (Å²) in [5.74, 6) is 4.40. The predicted molar refractivity (Wildman–Crippen MR) is 55.4 cm³/mol. The van der Waals surface area contributed by atoms with Crippen molar-refractivity contribution in [1.82, 2.24) is 0 Å². The second kappa shape index (κ2) is 2.52. The first-order valence-electron chi connectivity index (χ1n) is 6.26. The van der Waals surface area contributed by atoms with Crippen molar-refractivity contribution in [3.63, 3.8) is 0 Å². The van der Waals surface area contributed by atoms with Crippen LogP contribution in [0.15, 0.2) is 0 Å². The summed E-state index contributed by atoms with van der Waals surface area (Å²) in [5.41, 5.74) is 0.833. The number of rotatable bonds is 4. The minimum Gasteiger partial charge on any atom is -0.0622 e. The quantitative estimate of drug-likeness (QED) is 0.613. The highest BCUT2D eigenvalue weighted by molar-refractivity contribution is 5.10. The summed E-state index contributed by atoms with van der Waals surface area (Å²) in [6.07, 6.45) is 9.36. The van der Waals surface area contributed by atoms with Gasteiger partial charge >= 0.3 is 0 Å². The van der Waals surface area contributed by atoms with Crippen molar-refractivity contribution in [2.45, 2.75) is 52.4 Å². The molecule has 0 nitrogen and oxygen atoms in total. The lowest BCUT2D eigenvalue weighted by Crippen LogP contribution is -2.34. The third-order valence-corrected chi connectivity index (χ3v) is 4.85. The lowest BCUT2D eigenvalue weighted by molar-refractivity contribution is 0.0822. The van der Waals surface area contributed by atoms with Crippen LogP contribution >= 0.6 is 0 Å². The van der Waals surface area contributed by atoms with Gasteiger partial charge in [-0.3, -0.25) is 0 Å². The van der Waals surface area contributed by atoms with E-state index < -0.39 is 0 Å². The van der Waals surface area contributed by atoms with E-state index in [4.69, 9.17) is 0 Å². The van der Waals surface area contributed by atoms with E-state index >= 15 is 0 Å². The highest BCUT2D eigenvalue weighted by Gasteiger charge is 2.61. The minimum absolute atomic E-state index is 0.833. The molecule has 0 heterocycles. The molecule has 0 N–H and O–H groups in total. The minimum atomic E-state index is 0.833. The fourth-order valence-electron chi connectivity index (χ4n) is 4.16. The second-order valence-corrected chi connectivity index (χ2v) is 5.98. The summed E-state index contributed by atoms with van der Waals surface area (Å²) in [6, 6.07) is 0. The second-order valence-electron chi connectivity index (χ2n) is 5.98. The maximum Gasteiger partial charge on any atom is -0.0190 e. The van der Waals surface area contributed by atoms with Gasteiger partial charge in [-0.25, -0.2) is 0 Å². The Morgan fingerprint density at radius 2 is 1.08 bits per heavy atom. The van der Waals surface area contributed by atoms with Gasteiger partial charge in [0.25, 0.3) is 0 Å². The van der Waals surface area contributed by atoms with Crippen LogP contribution in [0.2, 0.25) is 0 Å². The molecule has 3 aliphatic carbocycles. The smallest absolute Gasteiger partial charge is 0.0190 e. The average molecular weight is 178 g/mol. The van der Waals surface area contributed by atoms with Crippen LogP contribution in [0, 0.1) is 29.1 Å². The van der Waals surface area contributed by atoms with Crippen LogP contribution in [-0.2, 0) is 0 Å². The van der Waals surface area contributed by atoms with Gasteiger partial charge in [0.15, 0.2) is 0 Å². The SMILES string of the molecule is CC(C)C(C1CC1)(C1CC1)C1CC1. The van der Waals surface area contributed by atoms with Gasteiger partial charge in [-0.1, -0.05) is 13.8 Å². The Bertz CT molecular complexity index is 167. The molecule has 74 valence electrons. The van der Waals surface area contributed by atoms with Gasteiger partial charge in [-0.2, -0.15) is 0 Å². The van der Waals surface area contributed by atoms with Gasteiger partial charge in [0, 0.05) is 0 Å². The highest BCUT2D eigenvalue weighted by Crippen LogP contribution is 2.69. The predicted octanol–water partition coefficient (Wildman–Crippen LogP) is 3.86. The topological polar surface area (TPSA) is 0 Å². The van der Waals surface area contributed by atoms with E-state index in [1.807, 2.05) is 0 Å². The summed E-state index contributed by atoms with van der Waals surface area (Å²) < 4.78 is 0. The molecule has 0 unspecified atom stereocenters. The molecule has 13 heavy (non-hydrogen) atoms. The molecular weight excluding hydrogens is 156 g/mol. The van der Waals surface area contributed by atoms with Crippen LogP contribution in [-0.4, -0.2) is 0 Å². The van der Waals surface area contributed by atoms with Gasteiger partial charge in [0.05, 0.1) is 0 Å². The molecule has 0 saturated heterocycles. The third-order valence-electron chi connectivity index (χ3n) is 4.85. The van der Waals surface area contributed by atoms with Gasteiger partial charge in [0.2, 0.25) is 0 Å². The summed E-state index contributed by atoms with van der Waals surface area (Å²) in [5, 5.41) is 0. The highest BCUT2D eigenvalue weighted by atomic mass is 14.7. The molecule has 0 aliphatic heterocycles. The van der Waals surface area contributed by atoms with Crippen LogP contribution in [0.25, 0.3) is 0 Å². The third kappa shape index (κ3) is 1.10. The summed E-state index contributed by atoms with van der Waals surface area (Å²) in [4.78, 5) is 0. The normalized spacial score (nSPS) is 29.8. The van der Waals surface area contributed by atoms with Gasteiger partial charge in [-0.05, 0) is 67.6 Å². The van der Waals surface area contributed by atoms with Crippen molar-refractivity contribution >= 4 is 0 Å². The lowest BCUT2D eigenvalue weighted by atomic mass is 9.65. The molecule has 0 heteroatoms. The van der Waals surface area contributed by atoms with Gasteiger partial charge in [0.1, 0.15) is 0 Å². The molecule has 0 amide bonds. The Balaban J connectivity index is 1.90. The maximum absolute atomic E-state index is 2.50. The van der Waals surface area contributed by atoms with E-state index in [-0.39, 0.29) is 0 Å². The van der Waals surface area contributed by atoms with Crippen molar-refractivity contribution in [1.29, 1.82) is 0 Å². The first-order valence-corrected chi connectivity index (χ1v) is 6.26. The molecule has 0 aromatic carbocycles. The fourth-order valence-corrected chi connectivity index (χ4v) is 4.16. The van der Waals surface area contributed by atoms with Crippen LogP contribution < -0.4 is 0 Å². The zero-order valence-corrected chi connectivity index (χ0v) is 9.05. The van der Waals surface area contributed by atoms with E-state index in [9.17, 15) is 0 Å². The monoisotopic (exact) mass is 178 g/mol. The van der Waals surface area contributed by atoms with Crippen LogP contribution in [0.5, 0.6) is 0 Å². The molecule has 0 bridgehead atoms. The van der Waals surface area contributed by atoms with E-state index in [1.54, 1.807) is 38.5 Å². The fraction of sp³-hybridized carbons (Fsp3) is 1.00. The van der Waals surface area contributed by atoms with Crippen LogP contribution in [0.1, 0.15) is 52.4 Å². The lowest BCUT2D eigenvalue weighted by Gasteiger charge is -2.39. The molecule has 0 atom stereocenters. The van der Waals surface area contributed by atoms with Crippen molar-refractivity contribution in [3.8, 4) is 0 Å². The summed E-state index contributed by atoms with van der Waals surface area (Å²) in [7, 11) is 0. The Morgan fingerprint density at radius 1 is 0.769 bits per heavy atom. The molecule has 0 aromatic rings. The molecule has 0 aromatic heterocycles. The molecule has 3 fully saturated rings. The van der Waals surface area contributed by atoms with Crippen molar-refractivity contribution < 1.29 is 0 Å². The van der Waals surface area contributed by atoms with Crippen molar-refractivity contribution in [3.05, 3.63) is 0 Å². The molecule has 3 rings (SSSR count). The Hall–Kier alpha value is 0. The molecule has 0 spiro atoms. The number of hydrogen-bond acceptors (Lipinski definition) is 0. The maximum atomic E-state index is 2.50. The van der Waals surface area contributed by atoms with E-state index in [1.165, 1.54) is 0 Å². The van der Waals surface area contributed by atoms with Crippen LogP contribution in [0.3, 0.4) is 0 Å². The van der Waals surface area contributed by atoms with E-state index in [0.717, 1.165) is 29.1 Å². The summed E-state index contributed by atoms with van der Waals surface area (Å²) >= 11 is 0.